The van der Waals surface area contributed by atoms with Crippen LogP contribution in [0.4, 0.5) is 5.82 Å². The van der Waals surface area contributed by atoms with Crippen molar-refractivity contribution < 1.29 is 19.4 Å². The summed E-state index contributed by atoms with van der Waals surface area (Å²) in [6, 6.07) is 15.7. The third-order valence-corrected chi connectivity index (χ3v) is 6.21. The Kier molecular flexibility index (Phi) is 8.06. The number of amides is 1. The van der Waals surface area contributed by atoms with Gasteiger partial charge in [0.05, 0.1) is 25.0 Å². The molecule has 0 radical (unpaired) electrons. The third-order valence-electron chi connectivity index (χ3n) is 6.21. The van der Waals surface area contributed by atoms with Crippen LogP contribution in [-0.4, -0.2) is 44.9 Å². The number of carbonyl (C=O) groups excluding carboxylic acids is 1. The summed E-state index contributed by atoms with van der Waals surface area (Å²) in [6.45, 7) is 6.17. The van der Waals surface area contributed by atoms with Crippen molar-refractivity contribution in [1.29, 1.82) is 0 Å². The fraction of sp³-hybridized carbons (Fsp3) is 0.241. The summed E-state index contributed by atoms with van der Waals surface area (Å²) >= 11 is 0. The highest BCUT2D eigenvalue weighted by atomic mass is 16.5. The van der Waals surface area contributed by atoms with Gasteiger partial charge >= 0.3 is 5.97 Å². The minimum absolute atomic E-state index is 0.160. The predicted octanol–water partition coefficient (Wildman–Crippen LogP) is 4.24. The molecule has 0 saturated heterocycles. The molecule has 0 aliphatic rings. The van der Waals surface area contributed by atoms with E-state index in [1.54, 1.807) is 24.1 Å². The largest absolute Gasteiger partial charge is 0.497 e. The maximum Gasteiger partial charge on any atom is 0.326 e. The number of methoxy groups -OCH3 is 1. The van der Waals surface area contributed by atoms with Crippen molar-refractivity contribution in [3.05, 3.63) is 101 Å². The first-order valence-corrected chi connectivity index (χ1v) is 12.2. The first-order chi connectivity index (χ1) is 18.2. The molecule has 3 N–H and O–H groups in total. The van der Waals surface area contributed by atoms with Crippen LogP contribution in [0.1, 0.15) is 38.3 Å². The second-order valence-electron chi connectivity index (χ2n) is 9.19. The van der Waals surface area contributed by atoms with Crippen LogP contribution >= 0.6 is 0 Å². The molecular formula is C29H31N5O4. The van der Waals surface area contributed by atoms with Gasteiger partial charge in [0, 0.05) is 30.4 Å². The highest BCUT2D eigenvalue weighted by molar-refractivity contribution is 5.99. The molecular weight excluding hydrogens is 482 g/mol. The molecule has 2 aromatic carbocycles. The highest BCUT2D eigenvalue weighted by Gasteiger charge is 2.23. The maximum atomic E-state index is 12.9. The van der Waals surface area contributed by atoms with Crippen LogP contribution in [0.3, 0.4) is 0 Å². The third kappa shape index (κ3) is 6.36. The Morgan fingerprint density at radius 3 is 2.39 bits per heavy atom. The Bertz CT molecular complexity index is 1420. The maximum absolute atomic E-state index is 12.9. The van der Waals surface area contributed by atoms with Gasteiger partial charge in [0.1, 0.15) is 17.6 Å². The summed E-state index contributed by atoms with van der Waals surface area (Å²) in [7, 11) is 1.61. The molecule has 9 heteroatoms. The van der Waals surface area contributed by atoms with Gasteiger partial charge < -0.3 is 20.5 Å². The Hall–Kier alpha value is -4.66. The zero-order valence-corrected chi connectivity index (χ0v) is 21.9. The number of carboxylic acid groups (broad SMARTS) is 1. The Morgan fingerprint density at radius 2 is 1.74 bits per heavy atom. The number of hydrogen-bond acceptors (Lipinski definition) is 6. The van der Waals surface area contributed by atoms with Gasteiger partial charge in [-0.25, -0.2) is 14.5 Å². The molecule has 0 fully saturated rings. The summed E-state index contributed by atoms with van der Waals surface area (Å²) in [4.78, 5) is 29.1. The van der Waals surface area contributed by atoms with Crippen LogP contribution in [0.15, 0.2) is 67.0 Å². The van der Waals surface area contributed by atoms with Gasteiger partial charge in [0.25, 0.3) is 5.91 Å². The van der Waals surface area contributed by atoms with E-state index in [0.717, 1.165) is 39.4 Å². The van der Waals surface area contributed by atoms with E-state index < -0.39 is 12.0 Å². The van der Waals surface area contributed by atoms with Gasteiger partial charge in [-0.1, -0.05) is 29.8 Å². The second kappa shape index (κ2) is 11.6. The number of aromatic nitrogens is 3. The van der Waals surface area contributed by atoms with Crippen LogP contribution in [0.25, 0.3) is 5.69 Å². The molecule has 0 bridgehead atoms. The van der Waals surface area contributed by atoms with Gasteiger partial charge in [-0.15, -0.1) is 0 Å². The summed E-state index contributed by atoms with van der Waals surface area (Å²) in [6.07, 6.45) is 3.69. The standard InChI is InChI=1S/C29H31N5O4/c1-18-13-19(2)27(20(3)14-18)28(35)32-25(29(36)37)15-21-5-7-23(8-6-21)34-12-10-22(33-34)17-31-26-16-24(38-4)9-11-30-26/h5-14,16,25H,15,17H2,1-4H3,(H,30,31)(H,32,35)(H,36,37). The molecule has 9 nitrogen and oxygen atoms in total. The number of aliphatic carboxylic acids is 1. The fourth-order valence-corrected chi connectivity index (χ4v) is 4.40. The first-order valence-electron chi connectivity index (χ1n) is 12.2. The van der Waals surface area contributed by atoms with Crippen LogP contribution in [0.5, 0.6) is 5.75 Å². The van der Waals surface area contributed by atoms with Crippen molar-refractivity contribution in [2.75, 3.05) is 12.4 Å². The van der Waals surface area contributed by atoms with Crippen molar-refractivity contribution in [2.45, 2.75) is 39.8 Å². The molecule has 2 aromatic heterocycles. The van der Waals surface area contributed by atoms with Crippen molar-refractivity contribution in [1.82, 2.24) is 20.1 Å². The number of aryl methyl sites for hydroxylation is 3. The normalized spacial score (nSPS) is 11.6. The zero-order valence-electron chi connectivity index (χ0n) is 21.9. The summed E-state index contributed by atoms with van der Waals surface area (Å²) in [5, 5.41) is 20.3. The van der Waals surface area contributed by atoms with E-state index in [1.165, 1.54) is 0 Å². The molecule has 0 spiro atoms. The number of ether oxygens (including phenoxy) is 1. The molecule has 4 aromatic rings. The number of hydrogen-bond donors (Lipinski definition) is 3. The van der Waals surface area contributed by atoms with Crippen LogP contribution in [0, 0.1) is 20.8 Å². The number of pyridine rings is 1. The van der Waals surface area contributed by atoms with E-state index in [9.17, 15) is 14.7 Å². The first kappa shape index (κ1) is 26.4. The van der Waals surface area contributed by atoms with Gasteiger partial charge in [0.2, 0.25) is 0 Å². The van der Waals surface area contributed by atoms with E-state index in [0.29, 0.717) is 17.9 Å². The van der Waals surface area contributed by atoms with Crippen LogP contribution in [0.2, 0.25) is 0 Å². The number of nitrogens with zero attached hydrogens (tertiary/aromatic N) is 3. The van der Waals surface area contributed by atoms with Gasteiger partial charge in [0.15, 0.2) is 0 Å². The average molecular weight is 514 g/mol. The van der Waals surface area contributed by atoms with Crippen molar-refractivity contribution in [3.8, 4) is 11.4 Å². The molecule has 0 aliphatic heterocycles. The van der Waals surface area contributed by atoms with E-state index in [-0.39, 0.29) is 12.3 Å². The molecule has 196 valence electrons. The number of benzene rings is 2. The van der Waals surface area contributed by atoms with Gasteiger partial charge in [-0.2, -0.15) is 5.10 Å². The van der Waals surface area contributed by atoms with Crippen molar-refractivity contribution in [2.24, 2.45) is 0 Å². The number of carbonyl (C=O) groups is 2. The minimum Gasteiger partial charge on any atom is -0.497 e. The van der Waals surface area contributed by atoms with Gasteiger partial charge in [-0.05, 0) is 61.7 Å². The lowest BCUT2D eigenvalue weighted by atomic mass is 9.98. The van der Waals surface area contributed by atoms with E-state index in [4.69, 9.17) is 4.74 Å². The lowest BCUT2D eigenvalue weighted by Crippen LogP contribution is -2.42. The molecule has 1 unspecified atom stereocenters. The Balaban J connectivity index is 1.39. The Labute approximate surface area is 221 Å². The SMILES string of the molecule is COc1ccnc(NCc2ccn(-c3ccc(CC(NC(=O)c4c(C)cc(C)cc4C)C(=O)O)cc3)n2)c1. The smallest absolute Gasteiger partial charge is 0.326 e. The fourth-order valence-electron chi connectivity index (χ4n) is 4.40. The monoisotopic (exact) mass is 513 g/mol. The molecule has 0 aliphatic carbocycles. The average Bonchev–Trinajstić information content (AvgIpc) is 3.36. The zero-order chi connectivity index (χ0) is 27.2. The second-order valence-corrected chi connectivity index (χ2v) is 9.19. The predicted molar refractivity (Wildman–Crippen MR) is 145 cm³/mol. The minimum atomic E-state index is -1.08. The molecule has 38 heavy (non-hydrogen) atoms. The lowest BCUT2D eigenvalue weighted by Gasteiger charge is -2.17. The summed E-state index contributed by atoms with van der Waals surface area (Å²) in [5.74, 6) is -0.0559. The topological polar surface area (TPSA) is 118 Å². The van der Waals surface area contributed by atoms with Crippen LogP contribution in [-0.2, 0) is 17.8 Å². The van der Waals surface area contributed by atoms with E-state index >= 15 is 0 Å². The number of rotatable bonds is 10. The molecule has 1 atom stereocenters. The quantitative estimate of drug-likeness (QED) is 0.290. The number of carboxylic acids is 1. The number of nitrogens with one attached hydrogen (secondary N) is 2. The summed E-state index contributed by atoms with van der Waals surface area (Å²) < 4.78 is 6.96. The highest BCUT2D eigenvalue weighted by Crippen LogP contribution is 2.18. The summed E-state index contributed by atoms with van der Waals surface area (Å²) in [5.41, 5.74) is 5.67. The van der Waals surface area contributed by atoms with Crippen molar-refractivity contribution >= 4 is 17.7 Å². The van der Waals surface area contributed by atoms with Crippen LogP contribution < -0.4 is 15.4 Å². The van der Waals surface area contributed by atoms with Crippen molar-refractivity contribution in [3.63, 3.8) is 0 Å². The van der Waals surface area contributed by atoms with Gasteiger partial charge in [-0.3, -0.25) is 4.79 Å². The van der Waals surface area contributed by atoms with E-state index in [1.807, 2.05) is 75.5 Å². The number of anilines is 1. The Morgan fingerprint density at radius 1 is 1.03 bits per heavy atom. The molecule has 4 rings (SSSR count). The lowest BCUT2D eigenvalue weighted by molar-refractivity contribution is -0.139. The molecule has 1 amide bonds. The molecule has 0 saturated carbocycles. The van der Waals surface area contributed by atoms with E-state index in [2.05, 4.69) is 20.7 Å². The molecule has 2 heterocycles.